The van der Waals surface area contributed by atoms with E-state index < -0.39 is 0 Å². The van der Waals surface area contributed by atoms with Crippen LogP contribution in [-0.4, -0.2) is 24.1 Å². The summed E-state index contributed by atoms with van der Waals surface area (Å²) >= 11 is 0. The van der Waals surface area contributed by atoms with E-state index in [1.165, 1.54) is 6.20 Å². The lowest BCUT2D eigenvalue weighted by atomic mass is 10.4. The molecule has 52 valence electrons. The van der Waals surface area contributed by atoms with Crippen molar-refractivity contribution in [2.45, 2.75) is 0 Å². The van der Waals surface area contributed by atoms with Crippen molar-refractivity contribution in [3.05, 3.63) is 25.1 Å². The fraction of sp³-hybridized carbons (Fsp3) is 0.143. The van der Waals surface area contributed by atoms with Gasteiger partial charge in [0.1, 0.15) is 0 Å². The first kappa shape index (κ1) is 6.74. The Balaban J connectivity index is 2.85. The summed E-state index contributed by atoms with van der Waals surface area (Å²) in [6.07, 6.45) is 3.13. The average molecular weight is 135 g/mol. The molecule has 0 atom stereocenters. The predicted octanol–water partition coefficient (Wildman–Crippen LogP) is 1.02. The minimum Gasteiger partial charge on any atom is -0.333 e. The highest BCUT2D eigenvalue weighted by atomic mass is 15.2. The Morgan fingerprint density at radius 2 is 2.50 bits per heavy atom. The quantitative estimate of drug-likeness (QED) is 0.527. The van der Waals surface area contributed by atoms with E-state index in [0.29, 0.717) is 5.84 Å². The molecule has 1 heterocycles. The number of nitrogens with zero attached hydrogens (tertiary/aromatic N) is 3. The zero-order valence-corrected chi connectivity index (χ0v) is 5.91. The first-order valence-corrected chi connectivity index (χ1v) is 2.90. The smallest absolute Gasteiger partial charge is 0.176 e. The standard InChI is InChI=1S/C7H9N3/c1-4-8-7-6(2)10(3)5-9-7/h4-5H,1-2H2,3H3. The molecule has 0 aromatic carbocycles. The Morgan fingerprint density at radius 1 is 1.80 bits per heavy atom. The highest BCUT2D eigenvalue weighted by Crippen LogP contribution is 2.07. The van der Waals surface area contributed by atoms with Gasteiger partial charge in [0.05, 0.1) is 12.0 Å². The molecule has 0 radical (unpaired) electrons. The van der Waals surface area contributed by atoms with Crippen LogP contribution >= 0.6 is 0 Å². The third-order valence-corrected chi connectivity index (χ3v) is 1.25. The summed E-state index contributed by atoms with van der Waals surface area (Å²) in [5.41, 5.74) is 0.805. The van der Waals surface area contributed by atoms with E-state index in [1.54, 1.807) is 6.34 Å². The van der Waals surface area contributed by atoms with Crippen LogP contribution < -0.4 is 0 Å². The van der Waals surface area contributed by atoms with Crippen molar-refractivity contribution in [2.24, 2.45) is 9.98 Å². The Hall–Kier alpha value is -1.38. The van der Waals surface area contributed by atoms with Crippen LogP contribution in [0.5, 0.6) is 0 Å². The molecule has 1 aliphatic rings. The molecule has 0 fully saturated rings. The van der Waals surface area contributed by atoms with Crippen molar-refractivity contribution in [1.29, 1.82) is 0 Å². The molecule has 1 aliphatic heterocycles. The van der Waals surface area contributed by atoms with E-state index in [0.717, 1.165) is 5.70 Å². The molecule has 0 unspecified atom stereocenters. The molecule has 0 aromatic heterocycles. The van der Waals surface area contributed by atoms with Gasteiger partial charge in [0.2, 0.25) is 0 Å². The Kier molecular flexibility index (Phi) is 1.67. The maximum absolute atomic E-state index is 3.97. The predicted molar refractivity (Wildman–Crippen MR) is 43.0 cm³/mol. The lowest BCUT2D eigenvalue weighted by Crippen LogP contribution is -2.11. The van der Waals surface area contributed by atoms with Crippen LogP contribution in [0.1, 0.15) is 0 Å². The van der Waals surface area contributed by atoms with E-state index in [2.05, 4.69) is 23.1 Å². The maximum Gasteiger partial charge on any atom is 0.176 e. The summed E-state index contributed by atoms with van der Waals surface area (Å²) in [6, 6.07) is 0. The second-order valence-electron chi connectivity index (χ2n) is 1.94. The van der Waals surface area contributed by atoms with Gasteiger partial charge in [0.25, 0.3) is 0 Å². The van der Waals surface area contributed by atoms with E-state index >= 15 is 0 Å². The molecule has 3 heteroatoms. The number of rotatable bonds is 1. The van der Waals surface area contributed by atoms with Crippen LogP contribution in [0.3, 0.4) is 0 Å². The third kappa shape index (κ3) is 0.978. The summed E-state index contributed by atoms with van der Waals surface area (Å²) in [5, 5.41) is 0. The molecule has 10 heavy (non-hydrogen) atoms. The SMILES string of the molecule is C=CN=C1N=CN(C)C1=C. The van der Waals surface area contributed by atoms with Crippen molar-refractivity contribution in [1.82, 2.24) is 4.90 Å². The third-order valence-electron chi connectivity index (χ3n) is 1.25. The van der Waals surface area contributed by atoms with Crippen LogP contribution in [0.4, 0.5) is 0 Å². The van der Waals surface area contributed by atoms with E-state index in [1.807, 2.05) is 11.9 Å². The van der Waals surface area contributed by atoms with Gasteiger partial charge in [-0.2, -0.15) is 0 Å². The average Bonchev–Trinajstić information content (AvgIpc) is 2.20. The molecular formula is C7H9N3. The normalized spacial score (nSPS) is 20.7. The molecule has 1 rings (SSSR count). The topological polar surface area (TPSA) is 28.0 Å². The van der Waals surface area contributed by atoms with Gasteiger partial charge < -0.3 is 4.90 Å². The second kappa shape index (κ2) is 2.47. The van der Waals surface area contributed by atoms with Gasteiger partial charge in [-0.15, -0.1) is 0 Å². The minimum atomic E-state index is 0.637. The Bertz CT molecular complexity index is 225. The largest absolute Gasteiger partial charge is 0.333 e. The van der Waals surface area contributed by atoms with E-state index in [-0.39, 0.29) is 0 Å². The maximum atomic E-state index is 3.97. The molecule has 0 aromatic rings. The number of amidine groups is 1. The Labute approximate surface area is 60.1 Å². The van der Waals surface area contributed by atoms with Crippen LogP contribution in [0.15, 0.2) is 35.0 Å². The lowest BCUT2D eigenvalue weighted by molar-refractivity contribution is 0.699. The summed E-state index contributed by atoms with van der Waals surface area (Å²) in [6.45, 7) is 7.22. The van der Waals surface area contributed by atoms with Gasteiger partial charge >= 0.3 is 0 Å². The van der Waals surface area contributed by atoms with Crippen molar-refractivity contribution >= 4 is 12.2 Å². The number of hydrogen-bond donors (Lipinski definition) is 0. The molecule has 0 saturated heterocycles. The fourth-order valence-corrected chi connectivity index (χ4v) is 0.638. The molecule has 0 spiro atoms. The van der Waals surface area contributed by atoms with Gasteiger partial charge in [-0.25, -0.2) is 9.98 Å². The summed E-state index contributed by atoms with van der Waals surface area (Å²) < 4.78 is 0. The molecular weight excluding hydrogens is 126 g/mol. The number of likely N-dealkylation sites (N-methyl/N-ethyl adjacent to an activating group) is 1. The lowest BCUT2D eigenvalue weighted by Gasteiger charge is -2.05. The molecule has 0 bridgehead atoms. The van der Waals surface area contributed by atoms with Gasteiger partial charge in [-0.3, -0.25) is 0 Å². The highest BCUT2D eigenvalue weighted by molar-refractivity contribution is 6.07. The summed E-state index contributed by atoms with van der Waals surface area (Å²) in [5.74, 6) is 0.637. The first-order chi connectivity index (χ1) is 4.75. The molecule has 0 N–H and O–H groups in total. The van der Waals surface area contributed by atoms with Crippen LogP contribution in [-0.2, 0) is 0 Å². The van der Waals surface area contributed by atoms with Crippen LogP contribution in [0.25, 0.3) is 0 Å². The monoisotopic (exact) mass is 135 g/mol. The van der Waals surface area contributed by atoms with Gasteiger partial charge in [-0.1, -0.05) is 13.2 Å². The van der Waals surface area contributed by atoms with Gasteiger partial charge in [0.15, 0.2) is 5.84 Å². The summed E-state index contributed by atoms with van der Waals surface area (Å²) in [4.78, 5) is 9.67. The highest BCUT2D eigenvalue weighted by Gasteiger charge is 2.11. The van der Waals surface area contributed by atoms with Crippen molar-refractivity contribution in [2.75, 3.05) is 7.05 Å². The second-order valence-corrected chi connectivity index (χ2v) is 1.94. The Morgan fingerprint density at radius 3 is 2.90 bits per heavy atom. The van der Waals surface area contributed by atoms with E-state index in [4.69, 9.17) is 0 Å². The minimum absolute atomic E-state index is 0.637. The number of aliphatic imine (C=N–C) groups is 2. The fourth-order valence-electron chi connectivity index (χ4n) is 0.638. The van der Waals surface area contributed by atoms with Gasteiger partial charge in [0, 0.05) is 13.2 Å². The zero-order valence-electron chi connectivity index (χ0n) is 5.91. The van der Waals surface area contributed by atoms with Gasteiger partial charge in [-0.05, 0) is 0 Å². The zero-order chi connectivity index (χ0) is 7.56. The molecule has 0 amide bonds. The van der Waals surface area contributed by atoms with Crippen molar-refractivity contribution in [3.8, 4) is 0 Å². The first-order valence-electron chi connectivity index (χ1n) is 2.90. The van der Waals surface area contributed by atoms with Crippen molar-refractivity contribution in [3.63, 3.8) is 0 Å². The number of hydrogen-bond acceptors (Lipinski definition) is 2. The van der Waals surface area contributed by atoms with E-state index in [9.17, 15) is 0 Å². The summed E-state index contributed by atoms with van der Waals surface area (Å²) in [7, 11) is 1.87. The molecule has 0 saturated carbocycles. The van der Waals surface area contributed by atoms with Crippen molar-refractivity contribution < 1.29 is 0 Å². The molecule has 3 nitrogen and oxygen atoms in total. The molecule has 0 aliphatic carbocycles. The van der Waals surface area contributed by atoms with Crippen LogP contribution in [0.2, 0.25) is 0 Å². The van der Waals surface area contributed by atoms with Crippen LogP contribution in [0, 0.1) is 0 Å².